The van der Waals surface area contributed by atoms with Gasteiger partial charge in [-0.05, 0) is 19.2 Å². The average Bonchev–Trinajstić information content (AvgIpc) is 2.35. The number of nitrogen functional groups attached to an aromatic ring is 1. The lowest BCUT2D eigenvalue weighted by atomic mass is 10.1. The molecular formula is C12H16F2N2O2S. The van der Waals surface area contributed by atoms with Gasteiger partial charge in [-0.1, -0.05) is 0 Å². The van der Waals surface area contributed by atoms with Crippen molar-refractivity contribution in [3.8, 4) is 0 Å². The normalized spacial score (nSPS) is 13.9. The first kappa shape index (κ1) is 15.7. The highest BCUT2D eigenvalue weighted by Gasteiger charge is 2.20. The summed E-state index contributed by atoms with van der Waals surface area (Å²) in [5, 5.41) is 11.5. The van der Waals surface area contributed by atoms with E-state index in [9.17, 15) is 13.6 Å². The smallest absolute Gasteiger partial charge is 0.253 e. The number of aliphatic hydroxyl groups excluding tert-OH is 1. The quantitative estimate of drug-likeness (QED) is 0.716. The summed E-state index contributed by atoms with van der Waals surface area (Å²) in [6, 6.07) is 1.20. The van der Waals surface area contributed by atoms with Gasteiger partial charge in [0.05, 0.1) is 12.2 Å². The molecular weight excluding hydrogens is 274 g/mol. The van der Waals surface area contributed by atoms with Gasteiger partial charge in [0, 0.05) is 23.0 Å². The third kappa shape index (κ3) is 3.81. The molecule has 0 heterocycles. The number of halogens is 2. The zero-order chi connectivity index (χ0) is 14.6. The number of nitrogens with one attached hydrogen (secondary N) is 1. The number of thioether (sulfide) groups is 1. The van der Waals surface area contributed by atoms with Gasteiger partial charge in [-0.25, -0.2) is 8.78 Å². The van der Waals surface area contributed by atoms with Crippen LogP contribution in [0.1, 0.15) is 17.3 Å². The second-order valence-electron chi connectivity index (χ2n) is 4.07. The zero-order valence-corrected chi connectivity index (χ0v) is 11.4. The van der Waals surface area contributed by atoms with E-state index in [4.69, 9.17) is 10.8 Å². The van der Waals surface area contributed by atoms with E-state index >= 15 is 0 Å². The Morgan fingerprint density at radius 2 is 2.05 bits per heavy atom. The summed E-state index contributed by atoms with van der Waals surface area (Å²) >= 11 is 1.39. The molecule has 106 valence electrons. The first-order valence-electron chi connectivity index (χ1n) is 5.59. The molecule has 1 aromatic carbocycles. The molecule has 2 unspecified atom stereocenters. The van der Waals surface area contributed by atoms with Gasteiger partial charge >= 0.3 is 0 Å². The molecule has 4 N–H and O–H groups in total. The summed E-state index contributed by atoms with van der Waals surface area (Å²) in [6.45, 7) is 1.61. The fourth-order valence-corrected chi connectivity index (χ4v) is 2.20. The van der Waals surface area contributed by atoms with Crippen LogP contribution in [0.5, 0.6) is 0 Å². The van der Waals surface area contributed by atoms with Crippen LogP contribution in [0.3, 0.4) is 0 Å². The summed E-state index contributed by atoms with van der Waals surface area (Å²) < 4.78 is 26.0. The first-order valence-corrected chi connectivity index (χ1v) is 6.88. The van der Waals surface area contributed by atoms with Gasteiger partial charge < -0.3 is 16.2 Å². The molecule has 1 rings (SSSR count). The van der Waals surface area contributed by atoms with Gasteiger partial charge in [-0.3, -0.25) is 4.79 Å². The number of amides is 1. The van der Waals surface area contributed by atoms with E-state index < -0.39 is 17.5 Å². The average molecular weight is 290 g/mol. The maximum absolute atomic E-state index is 13.1. The van der Waals surface area contributed by atoms with E-state index in [1.54, 1.807) is 13.2 Å². The highest BCUT2D eigenvalue weighted by atomic mass is 32.2. The van der Waals surface area contributed by atoms with Crippen molar-refractivity contribution in [2.24, 2.45) is 0 Å². The fourth-order valence-electron chi connectivity index (χ4n) is 1.57. The van der Waals surface area contributed by atoms with Crippen molar-refractivity contribution in [3.63, 3.8) is 0 Å². The molecule has 0 saturated heterocycles. The predicted molar refractivity (Wildman–Crippen MR) is 72.1 cm³/mol. The number of rotatable bonds is 5. The van der Waals surface area contributed by atoms with Crippen molar-refractivity contribution in [3.05, 3.63) is 29.3 Å². The molecule has 2 atom stereocenters. The number of nitrogens with two attached hydrogens (primary N) is 1. The lowest BCUT2D eigenvalue weighted by molar-refractivity contribution is 0.0936. The number of hydrogen-bond acceptors (Lipinski definition) is 4. The lowest BCUT2D eigenvalue weighted by Gasteiger charge is -2.21. The summed E-state index contributed by atoms with van der Waals surface area (Å²) in [7, 11) is 0. The highest BCUT2D eigenvalue weighted by Crippen LogP contribution is 2.18. The van der Waals surface area contributed by atoms with Gasteiger partial charge in [-0.15, -0.1) is 0 Å². The van der Waals surface area contributed by atoms with Gasteiger partial charge in [0.1, 0.15) is 0 Å². The number of carbonyl (C=O) groups excluding carboxylic acids is 1. The summed E-state index contributed by atoms with van der Waals surface area (Å²) in [4.78, 5) is 11.9. The van der Waals surface area contributed by atoms with E-state index in [2.05, 4.69) is 5.32 Å². The van der Waals surface area contributed by atoms with Crippen LogP contribution in [0, 0.1) is 11.6 Å². The number of anilines is 1. The standard InChI is InChI=1S/C12H16F2N2O2S/c1-6(11(5-17)19-2)16-12(18)7-3-8(13)9(14)4-10(7)15/h3-4,6,11,17H,5,15H2,1-2H3,(H,16,18). The van der Waals surface area contributed by atoms with Crippen molar-refractivity contribution in [1.29, 1.82) is 0 Å². The van der Waals surface area contributed by atoms with Gasteiger partial charge in [0.25, 0.3) is 5.91 Å². The van der Waals surface area contributed by atoms with Crippen LogP contribution < -0.4 is 11.1 Å². The Morgan fingerprint density at radius 3 is 2.58 bits per heavy atom. The van der Waals surface area contributed by atoms with Crippen LogP contribution in [-0.2, 0) is 0 Å². The maximum Gasteiger partial charge on any atom is 0.253 e. The van der Waals surface area contributed by atoms with Crippen molar-refractivity contribution in [1.82, 2.24) is 5.32 Å². The monoisotopic (exact) mass is 290 g/mol. The minimum absolute atomic E-state index is 0.101. The van der Waals surface area contributed by atoms with E-state index in [0.29, 0.717) is 0 Å². The second-order valence-corrected chi connectivity index (χ2v) is 5.15. The van der Waals surface area contributed by atoms with Crippen LogP contribution in [0.4, 0.5) is 14.5 Å². The van der Waals surface area contributed by atoms with E-state index in [1.165, 1.54) is 11.8 Å². The minimum atomic E-state index is -1.13. The Balaban J connectivity index is 2.87. The predicted octanol–water partition coefficient (Wildman–Crippen LogP) is 1.39. The molecule has 0 saturated carbocycles. The molecule has 7 heteroatoms. The Hall–Kier alpha value is -1.34. The number of hydrogen-bond donors (Lipinski definition) is 3. The van der Waals surface area contributed by atoms with Gasteiger partial charge in [0.15, 0.2) is 11.6 Å². The molecule has 0 aromatic heterocycles. The molecule has 19 heavy (non-hydrogen) atoms. The van der Waals surface area contributed by atoms with Crippen LogP contribution in [-0.4, -0.2) is 35.2 Å². The zero-order valence-electron chi connectivity index (χ0n) is 10.6. The van der Waals surface area contributed by atoms with Gasteiger partial charge in [0.2, 0.25) is 0 Å². The van der Waals surface area contributed by atoms with E-state index in [0.717, 1.165) is 12.1 Å². The summed E-state index contributed by atoms with van der Waals surface area (Å²) in [5.74, 6) is -2.83. The molecule has 0 radical (unpaired) electrons. The van der Waals surface area contributed by atoms with Crippen LogP contribution in [0.15, 0.2) is 12.1 Å². The van der Waals surface area contributed by atoms with Crippen molar-refractivity contribution in [2.45, 2.75) is 18.2 Å². The fraction of sp³-hybridized carbons (Fsp3) is 0.417. The minimum Gasteiger partial charge on any atom is -0.398 e. The summed E-state index contributed by atoms with van der Waals surface area (Å²) in [6.07, 6.45) is 1.80. The van der Waals surface area contributed by atoms with Crippen LogP contribution in [0.2, 0.25) is 0 Å². The third-order valence-electron chi connectivity index (χ3n) is 2.74. The molecule has 0 bridgehead atoms. The summed E-state index contributed by atoms with van der Waals surface area (Å²) in [5.41, 5.74) is 5.23. The number of aliphatic hydroxyl groups is 1. The number of carbonyl (C=O) groups is 1. The van der Waals surface area contributed by atoms with Gasteiger partial charge in [-0.2, -0.15) is 11.8 Å². The second kappa shape index (κ2) is 6.72. The van der Waals surface area contributed by atoms with Crippen LogP contribution >= 0.6 is 11.8 Å². The number of benzene rings is 1. The molecule has 1 aromatic rings. The topological polar surface area (TPSA) is 75.3 Å². The largest absolute Gasteiger partial charge is 0.398 e. The lowest BCUT2D eigenvalue weighted by Crippen LogP contribution is -2.41. The van der Waals surface area contributed by atoms with Crippen molar-refractivity contribution < 1.29 is 18.7 Å². The Bertz CT molecular complexity index is 467. The van der Waals surface area contributed by atoms with Crippen LogP contribution in [0.25, 0.3) is 0 Å². The molecule has 0 aliphatic heterocycles. The third-order valence-corrected chi connectivity index (χ3v) is 3.90. The highest BCUT2D eigenvalue weighted by molar-refractivity contribution is 7.99. The Kier molecular flexibility index (Phi) is 5.56. The van der Waals surface area contributed by atoms with E-state index in [1.807, 2.05) is 0 Å². The maximum atomic E-state index is 13.1. The molecule has 4 nitrogen and oxygen atoms in total. The molecule has 0 aliphatic carbocycles. The molecule has 1 amide bonds. The molecule has 0 fully saturated rings. The van der Waals surface area contributed by atoms with E-state index in [-0.39, 0.29) is 29.1 Å². The van der Waals surface area contributed by atoms with Crippen molar-refractivity contribution in [2.75, 3.05) is 18.6 Å². The Morgan fingerprint density at radius 1 is 1.47 bits per heavy atom. The molecule has 0 aliphatic rings. The first-order chi connectivity index (χ1) is 8.90. The molecule has 0 spiro atoms. The van der Waals surface area contributed by atoms with Crippen molar-refractivity contribution >= 4 is 23.4 Å². The Labute approximate surface area is 114 Å². The SMILES string of the molecule is CSC(CO)C(C)NC(=O)c1cc(F)c(F)cc1N.